The van der Waals surface area contributed by atoms with E-state index >= 15 is 0 Å². The molecule has 0 aliphatic carbocycles. The smallest absolute Gasteiger partial charge is 0.375 e. The molecule has 2 rings (SSSR count). The van der Waals surface area contributed by atoms with E-state index in [9.17, 15) is 21.6 Å². The van der Waals surface area contributed by atoms with Gasteiger partial charge in [0.25, 0.3) is 0 Å². The highest BCUT2D eigenvalue weighted by Gasteiger charge is 2.48. The van der Waals surface area contributed by atoms with Crippen molar-refractivity contribution in [2.75, 3.05) is 0 Å². The zero-order valence-corrected chi connectivity index (χ0v) is 10.1. The summed E-state index contributed by atoms with van der Waals surface area (Å²) >= 11 is 0. The van der Waals surface area contributed by atoms with Gasteiger partial charge in [0.1, 0.15) is 0 Å². The predicted molar refractivity (Wildman–Crippen MR) is 63.2 cm³/mol. The fourth-order valence-corrected chi connectivity index (χ4v) is 1.92. The molecule has 0 radical (unpaired) electrons. The maximum Gasteiger partial charge on any atom is 0.534 e. The van der Waals surface area contributed by atoms with Crippen LogP contribution in [0.25, 0.3) is 12.2 Å². The third-order valence-corrected chi connectivity index (χ3v) is 3.25. The highest BCUT2D eigenvalue weighted by molar-refractivity contribution is 7.88. The van der Waals surface area contributed by atoms with E-state index in [1.807, 2.05) is 0 Å². The lowest BCUT2D eigenvalue weighted by Crippen LogP contribution is -2.28. The second kappa shape index (κ2) is 4.61. The van der Waals surface area contributed by atoms with Gasteiger partial charge >= 0.3 is 15.6 Å². The number of benzene rings is 1. The summed E-state index contributed by atoms with van der Waals surface area (Å²) in [5.74, 6) is -0.376. The molecule has 1 aliphatic heterocycles. The number of nitrogens with one attached hydrogen (secondary N) is 1. The van der Waals surface area contributed by atoms with Gasteiger partial charge in [-0.05, 0) is 23.8 Å². The van der Waals surface area contributed by atoms with E-state index in [0.717, 1.165) is 6.07 Å². The summed E-state index contributed by atoms with van der Waals surface area (Å²) in [6.45, 7) is 0. The molecule has 0 saturated heterocycles. The molecule has 0 fully saturated rings. The molecule has 0 spiro atoms. The molecule has 0 atom stereocenters. The van der Waals surface area contributed by atoms with Gasteiger partial charge in [-0.2, -0.15) is 21.6 Å². The van der Waals surface area contributed by atoms with Crippen molar-refractivity contribution in [1.82, 2.24) is 5.32 Å². The van der Waals surface area contributed by atoms with Crippen molar-refractivity contribution in [1.29, 1.82) is 0 Å². The molecule has 1 aromatic carbocycles. The van der Waals surface area contributed by atoms with Crippen molar-refractivity contribution in [2.45, 2.75) is 5.51 Å². The van der Waals surface area contributed by atoms with E-state index < -0.39 is 15.6 Å². The molecular weight excluding hydrogens is 283 g/mol. The normalized spacial score (nSPS) is 14.5. The Kier molecular flexibility index (Phi) is 3.27. The van der Waals surface area contributed by atoms with E-state index in [1.54, 1.807) is 18.3 Å². The molecule has 8 heteroatoms. The quantitative estimate of drug-likeness (QED) is 0.672. The van der Waals surface area contributed by atoms with Crippen LogP contribution in [-0.2, 0) is 10.1 Å². The molecule has 0 bridgehead atoms. The van der Waals surface area contributed by atoms with E-state index in [0.29, 0.717) is 5.56 Å². The minimum absolute atomic E-state index is 0.247. The average Bonchev–Trinajstić information content (AvgIpc) is 2.52. The first-order chi connectivity index (χ1) is 8.81. The molecule has 1 aliphatic rings. The number of hydrogen-bond acceptors (Lipinski definition) is 4. The maximum absolute atomic E-state index is 12.3. The molecule has 1 N–H and O–H groups in total. The highest BCUT2D eigenvalue weighted by atomic mass is 32.2. The van der Waals surface area contributed by atoms with Crippen molar-refractivity contribution < 1.29 is 25.8 Å². The number of fused-ring (bicyclic) bond motifs is 1. The third kappa shape index (κ3) is 2.73. The van der Waals surface area contributed by atoms with Gasteiger partial charge in [0.05, 0.1) is 0 Å². The van der Waals surface area contributed by atoms with Gasteiger partial charge in [-0.3, -0.25) is 0 Å². The first-order valence-electron chi connectivity index (χ1n) is 5.04. The van der Waals surface area contributed by atoms with Gasteiger partial charge in [0, 0.05) is 18.0 Å². The fraction of sp³-hybridized carbons (Fsp3) is 0.0909. The van der Waals surface area contributed by atoms with Gasteiger partial charge in [0.2, 0.25) is 0 Å². The minimum Gasteiger partial charge on any atom is -0.375 e. The molecule has 102 valence electrons. The van der Waals surface area contributed by atoms with Crippen molar-refractivity contribution in [3.05, 3.63) is 41.7 Å². The van der Waals surface area contributed by atoms with Crippen LogP contribution in [0.5, 0.6) is 5.75 Å². The summed E-state index contributed by atoms with van der Waals surface area (Å²) in [5, 5.41) is 2.73. The zero-order valence-electron chi connectivity index (χ0n) is 9.31. The zero-order chi connectivity index (χ0) is 14.1. The third-order valence-electron chi connectivity index (χ3n) is 2.29. The van der Waals surface area contributed by atoms with E-state index in [2.05, 4.69) is 9.50 Å². The minimum atomic E-state index is -5.67. The Labute approximate surface area is 107 Å². The monoisotopic (exact) mass is 291 g/mol. The number of alkyl halides is 3. The molecule has 4 nitrogen and oxygen atoms in total. The summed E-state index contributed by atoms with van der Waals surface area (Å²) < 4.78 is 63.0. The topological polar surface area (TPSA) is 55.4 Å². The molecule has 0 saturated carbocycles. The van der Waals surface area contributed by atoms with E-state index in [1.165, 1.54) is 18.3 Å². The standard InChI is InChI=1S/C11H8F3NO3S/c12-11(13,14)19(16,17)18-10-3-1-2-8-4-6-15-7-5-9(8)10/h1-7,15H. The summed E-state index contributed by atoms with van der Waals surface area (Å²) in [5.41, 5.74) is -4.68. The van der Waals surface area contributed by atoms with Crippen LogP contribution in [0.15, 0.2) is 30.6 Å². The fourth-order valence-electron chi connectivity index (χ4n) is 1.45. The van der Waals surface area contributed by atoms with E-state index in [4.69, 9.17) is 0 Å². The van der Waals surface area contributed by atoms with Crippen LogP contribution in [0.1, 0.15) is 11.1 Å². The van der Waals surface area contributed by atoms with E-state index in [-0.39, 0.29) is 11.3 Å². The highest BCUT2D eigenvalue weighted by Crippen LogP contribution is 2.31. The van der Waals surface area contributed by atoms with Crippen molar-refractivity contribution in [3.63, 3.8) is 0 Å². The molecule has 1 aromatic rings. The molecule has 1 heterocycles. The lowest BCUT2D eigenvalue weighted by Gasteiger charge is -2.12. The molecular formula is C11H8F3NO3S. The first kappa shape index (κ1) is 13.5. The second-order valence-corrected chi connectivity index (χ2v) is 5.11. The first-order valence-corrected chi connectivity index (χ1v) is 6.45. The Hall–Kier alpha value is -1.96. The van der Waals surface area contributed by atoms with Gasteiger partial charge in [0.15, 0.2) is 5.75 Å². The summed E-state index contributed by atoms with van der Waals surface area (Å²) in [7, 11) is -5.67. The van der Waals surface area contributed by atoms with Crippen molar-refractivity contribution >= 4 is 22.3 Å². The predicted octanol–water partition coefficient (Wildman–Crippen LogP) is 2.46. The van der Waals surface area contributed by atoms with Gasteiger partial charge < -0.3 is 9.50 Å². The Morgan fingerprint density at radius 3 is 2.47 bits per heavy atom. The van der Waals surface area contributed by atoms with Crippen LogP contribution >= 0.6 is 0 Å². The number of halogens is 3. The lowest BCUT2D eigenvalue weighted by molar-refractivity contribution is -0.0500. The van der Waals surface area contributed by atoms with Gasteiger partial charge in [-0.15, -0.1) is 0 Å². The average molecular weight is 291 g/mol. The largest absolute Gasteiger partial charge is 0.534 e. The molecule has 0 unspecified atom stereocenters. The Morgan fingerprint density at radius 1 is 1.11 bits per heavy atom. The Balaban J connectivity index is 2.46. The van der Waals surface area contributed by atoms with Gasteiger partial charge in [-0.1, -0.05) is 12.1 Å². The molecule has 19 heavy (non-hydrogen) atoms. The van der Waals surface area contributed by atoms with Gasteiger partial charge in [-0.25, -0.2) is 0 Å². The molecule has 0 amide bonds. The summed E-state index contributed by atoms with van der Waals surface area (Å²) in [6.07, 6.45) is 6.03. The number of hydrogen-bond donors (Lipinski definition) is 1. The van der Waals surface area contributed by atoms with Crippen LogP contribution in [0.2, 0.25) is 0 Å². The second-order valence-electron chi connectivity index (χ2n) is 3.58. The molecule has 0 aromatic heterocycles. The number of rotatable bonds is 2. The van der Waals surface area contributed by atoms with Crippen molar-refractivity contribution in [3.8, 4) is 5.75 Å². The van der Waals surface area contributed by atoms with Crippen LogP contribution < -0.4 is 9.50 Å². The summed E-state index contributed by atoms with van der Waals surface area (Å²) in [6, 6.07) is 4.19. The van der Waals surface area contributed by atoms with Crippen LogP contribution in [0, 0.1) is 0 Å². The lowest BCUT2D eigenvalue weighted by atomic mass is 10.1. The Bertz CT molecular complexity index is 648. The Morgan fingerprint density at radius 2 is 1.79 bits per heavy atom. The SMILES string of the molecule is O=S(=O)(Oc1cccc2c1C=CNC=C2)C(F)(F)F. The van der Waals surface area contributed by atoms with Crippen LogP contribution in [0.3, 0.4) is 0 Å². The van der Waals surface area contributed by atoms with Crippen LogP contribution in [-0.4, -0.2) is 13.9 Å². The van der Waals surface area contributed by atoms with Crippen molar-refractivity contribution in [2.24, 2.45) is 0 Å². The summed E-state index contributed by atoms with van der Waals surface area (Å²) in [4.78, 5) is 0. The van der Waals surface area contributed by atoms with Crippen LogP contribution in [0.4, 0.5) is 13.2 Å². The maximum atomic E-state index is 12.3.